The maximum atomic E-state index is 14.0. The predicted octanol–water partition coefficient (Wildman–Crippen LogP) is 1.20. The van der Waals surface area contributed by atoms with Crippen LogP contribution in [0.1, 0.15) is 10.5 Å². The summed E-state index contributed by atoms with van der Waals surface area (Å²) in [5.74, 6) is -1.82. The summed E-state index contributed by atoms with van der Waals surface area (Å²) in [6, 6.07) is 3.42. The van der Waals surface area contributed by atoms with Gasteiger partial charge in [0.25, 0.3) is 5.91 Å². The highest BCUT2D eigenvalue weighted by atomic mass is 32.1. The van der Waals surface area contributed by atoms with Crippen molar-refractivity contribution in [2.45, 2.75) is 12.2 Å². The standard InChI is InChI=1S/C18H18F2N6O3S/c1-25-18(26-6-11(27)12(28)7-26)10(5-22-25)23-16(29)14-15(21)30-17(24-14)13-8(19)3-2-4-9(13)20/h2-5,11-12,27-28H,6-7,21H2,1H3,(H,23,29)/t11-,12-/m0/s1. The number of halogens is 2. The fourth-order valence-electron chi connectivity index (χ4n) is 3.32. The number of anilines is 3. The highest BCUT2D eigenvalue weighted by Gasteiger charge is 2.33. The number of amides is 1. The van der Waals surface area contributed by atoms with Gasteiger partial charge in [0.1, 0.15) is 27.3 Å². The van der Waals surface area contributed by atoms with Crippen LogP contribution in [0.4, 0.5) is 25.3 Å². The normalized spacial score (nSPS) is 18.8. The van der Waals surface area contributed by atoms with Crippen molar-refractivity contribution in [3.63, 3.8) is 0 Å². The first-order valence-electron chi connectivity index (χ1n) is 8.91. The summed E-state index contributed by atoms with van der Waals surface area (Å²) in [6.07, 6.45) is -0.434. The summed E-state index contributed by atoms with van der Waals surface area (Å²) in [7, 11) is 1.65. The zero-order chi connectivity index (χ0) is 21.6. The number of nitrogens with two attached hydrogens (primary N) is 1. The molecule has 1 amide bonds. The molecule has 1 aliphatic heterocycles. The summed E-state index contributed by atoms with van der Waals surface area (Å²) in [6.45, 7) is 0.332. The van der Waals surface area contributed by atoms with Crippen LogP contribution in [-0.2, 0) is 7.05 Å². The quantitative estimate of drug-likeness (QED) is 0.484. The number of aryl methyl sites for hydroxylation is 1. The number of aromatic nitrogens is 3. The van der Waals surface area contributed by atoms with Crippen molar-refractivity contribution < 1.29 is 23.8 Å². The molecule has 158 valence electrons. The van der Waals surface area contributed by atoms with Crippen molar-refractivity contribution in [1.29, 1.82) is 0 Å². The lowest BCUT2D eigenvalue weighted by molar-refractivity contribution is 0.0572. The van der Waals surface area contributed by atoms with Crippen LogP contribution >= 0.6 is 11.3 Å². The molecule has 3 aromatic rings. The molecule has 0 saturated carbocycles. The van der Waals surface area contributed by atoms with E-state index >= 15 is 0 Å². The van der Waals surface area contributed by atoms with E-state index < -0.39 is 29.7 Å². The van der Waals surface area contributed by atoms with E-state index in [1.54, 1.807) is 11.9 Å². The Balaban J connectivity index is 1.61. The van der Waals surface area contributed by atoms with E-state index in [4.69, 9.17) is 5.73 Å². The van der Waals surface area contributed by atoms with Gasteiger partial charge in [0.05, 0.1) is 24.0 Å². The molecule has 3 heterocycles. The molecular weight excluding hydrogens is 418 g/mol. The molecule has 5 N–H and O–H groups in total. The second-order valence-corrected chi connectivity index (χ2v) is 7.86. The van der Waals surface area contributed by atoms with E-state index in [2.05, 4.69) is 15.4 Å². The van der Waals surface area contributed by atoms with Crippen molar-refractivity contribution >= 4 is 33.8 Å². The van der Waals surface area contributed by atoms with Crippen LogP contribution < -0.4 is 16.0 Å². The average Bonchev–Trinajstić information content (AvgIpc) is 3.33. The first-order valence-corrected chi connectivity index (χ1v) is 9.73. The van der Waals surface area contributed by atoms with Crippen LogP contribution in [0.15, 0.2) is 24.4 Å². The van der Waals surface area contributed by atoms with Crippen molar-refractivity contribution in [1.82, 2.24) is 14.8 Å². The van der Waals surface area contributed by atoms with Gasteiger partial charge in [-0.1, -0.05) is 17.4 Å². The smallest absolute Gasteiger partial charge is 0.277 e. The summed E-state index contributed by atoms with van der Waals surface area (Å²) in [5.41, 5.74) is 5.68. The Bertz CT molecular complexity index is 1090. The molecule has 1 fully saturated rings. The first kappa shape index (κ1) is 20.2. The molecule has 9 nitrogen and oxygen atoms in total. The number of nitrogen functional groups attached to an aromatic ring is 1. The summed E-state index contributed by atoms with van der Waals surface area (Å²) in [5, 5.41) is 26.3. The fraction of sp³-hybridized carbons (Fsp3) is 0.278. The number of nitrogens with zero attached hydrogens (tertiary/aromatic N) is 4. The number of hydrogen-bond acceptors (Lipinski definition) is 8. The molecule has 2 aromatic heterocycles. The second-order valence-electron chi connectivity index (χ2n) is 6.83. The minimum atomic E-state index is -0.921. The number of β-amino-alcohol motifs (C(OH)–C–C–N with tert-alkyl or cyclic N) is 2. The Hall–Kier alpha value is -3.09. The number of rotatable bonds is 4. The molecule has 1 saturated heterocycles. The molecule has 1 aliphatic rings. The minimum absolute atomic E-state index is 0.00242. The Labute approximate surface area is 173 Å². The Kier molecular flexibility index (Phi) is 5.13. The Morgan fingerprint density at radius 2 is 1.90 bits per heavy atom. The number of benzene rings is 1. The topological polar surface area (TPSA) is 130 Å². The van der Waals surface area contributed by atoms with Crippen LogP contribution in [0.3, 0.4) is 0 Å². The van der Waals surface area contributed by atoms with E-state index in [-0.39, 0.29) is 34.4 Å². The highest BCUT2D eigenvalue weighted by molar-refractivity contribution is 7.19. The highest BCUT2D eigenvalue weighted by Crippen LogP contribution is 2.34. The summed E-state index contributed by atoms with van der Waals surface area (Å²) < 4.78 is 29.6. The monoisotopic (exact) mass is 436 g/mol. The molecule has 0 aliphatic carbocycles. The van der Waals surface area contributed by atoms with Gasteiger partial charge >= 0.3 is 0 Å². The van der Waals surface area contributed by atoms with E-state index in [1.165, 1.54) is 16.9 Å². The van der Waals surface area contributed by atoms with Gasteiger partial charge in [0.15, 0.2) is 11.5 Å². The molecule has 0 unspecified atom stereocenters. The van der Waals surface area contributed by atoms with Crippen LogP contribution in [0.25, 0.3) is 10.6 Å². The number of carbonyl (C=O) groups is 1. The van der Waals surface area contributed by atoms with Gasteiger partial charge in [-0.2, -0.15) is 5.10 Å². The van der Waals surface area contributed by atoms with E-state index in [9.17, 15) is 23.8 Å². The maximum absolute atomic E-state index is 14.0. The number of nitrogens with one attached hydrogen (secondary N) is 1. The number of aliphatic hydroxyl groups is 2. The van der Waals surface area contributed by atoms with Crippen molar-refractivity contribution in [3.05, 3.63) is 41.7 Å². The third-order valence-electron chi connectivity index (χ3n) is 4.76. The molecular formula is C18H18F2N6O3S. The third-order valence-corrected chi connectivity index (χ3v) is 5.66. The lowest BCUT2D eigenvalue weighted by atomic mass is 10.2. The first-order chi connectivity index (χ1) is 14.3. The molecule has 0 radical (unpaired) electrons. The minimum Gasteiger partial charge on any atom is -0.389 e. The number of thiazole rings is 1. The third kappa shape index (κ3) is 3.49. The Morgan fingerprint density at radius 1 is 1.27 bits per heavy atom. The molecule has 2 atom stereocenters. The molecule has 30 heavy (non-hydrogen) atoms. The predicted molar refractivity (Wildman–Crippen MR) is 107 cm³/mol. The largest absolute Gasteiger partial charge is 0.389 e. The van der Waals surface area contributed by atoms with Gasteiger partial charge in [0.2, 0.25) is 0 Å². The lowest BCUT2D eigenvalue weighted by Crippen LogP contribution is -2.25. The average molecular weight is 436 g/mol. The summed E-state index contributed by atoms with van der Waals surface area (Å²) >= 11 is 0.798. The van der Waals surface area contributed by atoms with Crippen LogP contribution in [-0.4, -0.2) is 56.2 Å². The lowest BCUT2D eigenvalue weighted by Gasteiger charge is -2.19. The van der Waals surface area contributed by atoms with Gasteiger partial charge in [-0.3, -0.25) is 9.48 Å². The van der Waals surface area contributed by atoms with Gasteiger partial charge in [-0.25, -0.2) is 13.8 Å². The summed E-state index contributed by atoms with van der Waals surface area (Å²) in [4.78, 5) is 18.5. The molecule has 0 bridgehead atoms. The van der Waals surface area contributed by atoms with Crippen molar-refractivity contribution in [2.24, 2.45) is 7.05 Å². The number of hydrogen-bond donors (Lipinski definition) is 4. The van der Waals surface area contributed by atoms with Gasteiger partial charge in [-0.05, 0) is 12.1 Å². The maximum Gasteiger partial charge on any atom is 0.277 e. The van der Waals surface area contributed by atoms with E-state index in [0.29, 0.717) is 11.5 Å². The second kappa shape index (κ2) is 7.63. The van der Waals surface area contributed by atoms with Crippen LogP contribution in [0.2, 0.25) is 0 Å². The van der Waals surface area contributed by atoms with Gasteiger partial charge in [-0.15, -0.1) is 0 Å². The van der Waals surface area contributed by atoms with Crippen molar-refractivity contribution in [3.8, 4) is 10.6 Å². The van der Waals surface area contributed by atoms with Crippen molar-refractivity contribution in [2.75, 3.05) is 29.0 Å². The van der Waals surface area contributed by atoms with Crippen LogP contribution in [0.5, 0.6) is 0 Å². The SMILES string of the molecule is Cn1ncc(NC(=O)c2nc(-c3c(F)cccc3F)sc2N)c1N1C[C@H](O)[C@@H](O)C1. The molecule has 0 spiro atoms. The molecule has 12 heteroatoms. The van der Waals surface area contributed by atoms with E-state index in [0.717, 1.165) is 23.5 Å². The zero-order valence-corrected chi connectivity index (χ0v) is 16.5. The van der Waals surface area contributed by atoms with E-state index in [1.807, 2.05) is 0 Å². The number of carbonyl (C=O) groups excluding carboxylic acids is 1. The van der Waals surface area contributed by atoms with Gasteiger partial charge < -0.3 is 26.2 Å². The Morgan fingerprint density at radius 3 is 2.53 bits per heavy atom. The number of aliphatic hydroxyl groups excluding tert-OH is 2. The zero-order valence-electron chi connectivity index (χ0n) is 15.7. The fourth-order valence-corrected chi connectivity index (χ4v) is 4.20. The van der Waals surface area contributed by atoms with Gasteiger partial charge in [0, 0.05) is 20.1 Å². The molecule has 1 aromatic carbocycles. The molecule has 4 rings (SSSR count). The van der Waals surface area contributed by atoms with Crippen LogP contribution in [0, 0.1) is 11.6 Å².